The third-order valence-corrected chi connectivity index (χ3v) is 4.76. The zero-order valence-corrected chi connectivity index (χ0v) is 12.3. The van der Waals surface area contributed by atoms with Crippen LogP contribution in [0.4, 0.5) is 0 Å². The van der Waals surface area contributed by atoms with Crippen LogP contribution in [-0.4, -0.2) is 32.5 Å². The Labute approximate surface area is 109 Å². The first-order chi connectivity index (χ1) is 8.20. The van der Waals surface area contributed by atoms with E-state index in [0.717, 1.165) is 12.8 Å². The second kappa shape index (κ2) is 7.82. The van der Waals surface area contributed by atoms with Crippen molar-refractivity contribution in [3.63, 3.8) is 0 Å². The average molecular weight is 278 g/mol. The number of nitrogens with one attached hydrogen (secondary N) is 1. The number of rotatable bonds is 9. The summed E-state index contributed by atoms with van der Waals surface area (Å²) in [6.45, 7) is 5.74. The first-order valence-electron chi connectivity index (χ1n) is 6.35. The van der Waals surface area contributed by atoms with Gasteiger partial charge in [0.1, 0.15) is 6.16 Å². The van der Waals surface area contributed by atoms with Crippen LogP contribution in [-0.2, 0) is 4.79 Å². The van der Waals surface area contributed by atoms with Gasteiger partial charge in [0.05, 0.1) is 5.92 Å². The summed E-state index contributed by atoms with van der Waals surface area (Å²) >= 11 is 0. The fourth-order valence-corrected chi connectivity index (χ4v) is 3.53. The second-order valence-corrected chi connectivity index (χ2v) is 7.50. The molecule has 106 valence electrons. The molecule has 0 aromatic rings. The summed E-state index contributed by atoms with van der Waals surface area (Å²) in [5.74, 6) is -1.61. The lowest BCUT2D eigenvalue weighted by molar-refractivity contribution is -0.141. The summed E-state index contributed by atoms with van der Waals surface area (Å²) in [5.41, 5.74) is -0.0970. The maximum absolute atomic E-state index is 11.1. The summed E-state index contributed by atoms with van der Waals surface area (Å²) < 4.78 is 0. The minimum atomic E-state index is -3.54. The molecule has 0 radical (unpaired) electrons. The maximum atomic E-state index is 11.1. The lowest BCUT2D eigenvalue weighted by Crippen LogP contribution is -2.23. The highest BCUT2D eigenvalue weighted by molar-refractivity contribution is 7.81. The van der Waals surface area contributed by atoms with Gasteiger partial charge in [-0.3, -0.25) is 10.2 Å². The molecule has 0 aromatic carbocycles. The monoisotopic (exact) mass is 278 g/mol. The van der Waals surface area contributed by atoms with Gasteiger partial charge >= 0.3 is 13.7 Å². The van der Waals surface area contributed by atoms with Gasteiger partial charge in [-0.05, 0) is 12.3 Å². The highest BCUT2D eigenvalue weighted by atomic mass is 31.2. The molecule has 0 aromatic heterocycles. The van der Waals surface area contributed by atoms with Gasteiger partial charge in [0.2, 0.25) is 5.45 Å². The van der Waals surface area contributed by atoms with Crippen LogP contribution in [0.25, 0.3) is 0 Å². The second-order valence-electron chi connectivity index (χ2n) is 5.14. The van der Waals surface area contributed by atoms with Crippen LogP contribution in [0.1, 0.15) is 46.5 Å². The molecule has 0 saturated carbocycles. The Kier molecular flexibility index (Phi) is 7.60. The highest BCUT2D eigenvalue weighted by Gasteiger charge is 2.44. The van der Waals surface area contributed by atoms with E-state index in [4.69, 9.17) is 10.5 Å². The molecule has 0 bridgehead atoms. The van der Waals surface area contributed by atoms with Gasteiger partial charge in [-0.1, -0.05) is 33.6 Å². The van der Waals surface area contributed by atoms with E-state index in [2.05, 4.69) is 0 Å². The van der Waals surface area contributed by atoms with Crippen molar-refractivity contribution in [2.45, 2.75) is 46.5 Å². The Hall–Kier alpha value is -0.510. The molecule has 0 aliphatic carbocycles. The molecule has 0 saturated heterocycles. The van der Waals surface area contributed by atoms with Crippen molar-refractivity contribution in [3.05, 3.63) is 0 Å². The molecule has 5 nitrogen and oxygen atoms in total. The SMILES string of the molecule is CCCCC(C[P+](O)(O)C(=N)CC(C)C)C(=O)O. The standard InChI is InChI=1S/C12H24NO4P/c1-4-5-6-10(12(14)15)8-18(16,17)11(13)7-9(2)3/h9-10,13,16-17H,4-8H2,1-3H3/p+1. The molecule has 0 spiro atoms. The van der Waals surface area contributed by atoms with Crippen molar-refractivity contribution in [3.8, 4) is 0 Å². The predicted octanol–water partition coefficient (Wildman–Crippen LogP) is 2.73. The topological polar surface area (TPSA) is 102 Å². The summed E-state index contributed by atoms with van der Waals surface area (Å²) in [6, 6.07) is 0. The van der Waals surface area contributed by atoms with Crippen LogP contribution >= 0.6 is 7.72 Å². The number of unbranched alkanes of at least 4 members (excludes halogenated alkanes) is 1. The van der Waals surface area contributed by atoms with Gasteiger partial charge in [-0.15, -0.1) is 0 Å². The molecule has 0 aliphatic rings. The van der Waals surface area contributed by atoms with Crippen molar-refractivity contribution in [1.82, 2.24) is 0 Å². The van der Waals surface area contributed by atoms with Crippen LogP contribution in [0, 0.1) is 17.2 Å². The van der Waals surface area contributed by atoms with E-state index < -0.39 is 19.6 Å². The summed E-state index contributed by atoms with van der Waals surface area (Å²) in [4.78, 5) is 30.9. The van der Waals surface area contributed by atoms with Gasteiger partial charge in [-0.25, -0.2) is 9.79 Å². The molecule has 1 atom stereocenters. The minimum Gasteiger partial charge on any atom is -0.481 e. The van der Waals surface area contributed by atoms with E-state index in [0.29, 0.717) is 12.8 Å². The quantitative estimate of drug-likeness (QED) is 0.384. The predicted molar refractivity (Wildman–Crippen MR) is 74.1 cm³/mol. The molecule has 6 heteroatoms. The van der Waals surface area contributed by atoms with Gasteiger partial charge in [0.25, 0.3) is 0 Å². The first kappa shape index (κ1) is 17.5. The van der Waals surface area contributed by atoms with Gasteiger partial charge in [-0.2, -0.15) is 0 Å². The molecule has 0 fully saturated rings. The summed E-state index contributed by atoms with van der Waals surface area (Å²) in [7, 11) is -3.54. The lowest BCUT2D eigenvalue weighted by atomic mass is 10.1. The van der Waals surface area contributed by atoms with E-state index in [1.165, 1.54) is 0 Å². The van der Waals surface area contributed by atoms with E-state index in [1.54, 1.807) is 0 Å². The van der Waals surface area contributed by atoms with Crippen LogP contribution in [0.5, 0.6) is 0 Å². The largest absolute Gasteiger partial charge is 0.481 e. The first-order valence-corrected chi connectivity index (χ1v) is 8.23. The Morgan fingerprint density at radius 2 is 1.89 bits per heavy atom. The number of carbonyl (C=O) groups is 1. The highest BCUT2D eigenvalue weighted by Crippen LogP contribution is 2.54. The molecule has 4 N–H and O–H groups in total. The van der Waals surface area contributed by atoms with Gasteiger partial charge < -0.3 is 5.11 Å². The third kappa shape index (κ3) is 6.43. The zero-order valence-electron chi connectivity index (χ0n) is 11.4. The van der Waals surface area contributed by atoms with Crippen molar-refractivity contribution in [1.29, 1.82) is 5.41 Å². The normalized spacial score (nSPS) is 13.7. The van der Waals surface area contributed by atoms with E-state index >= 15 is 0 Å². The Morgan fingerprint density at radius 1 is 1.33 bits per heavy atom. The average Bonchev–Trinajstić information content (AvgIpc) is 2.22. The van der Waals surface area contributed by atoms with Crippen molar-refractivity contribution in [2.24, 2.45) is 11.8 Å². The van der Waals surface area contributed by atoms with Crippen LogP contribution in [0.3, 0.4) is 0 Å². The number of carboxylic acids is 1. The van der Waals surface area contributed by atoms with Crippen LogP contribution in [0.15, 0.2) is 0 Å². The summed E-state index contributed by atoms with van der Waals surface area (Å²) in [5, 5.41) is 16.7. The van der Waals surface area contributed by atoms with Crippen LogP contribution in [0.2, 0.25) is 0 Å². The fourth-order valence-electron chi connectivity index (χ4n) is 1.69. The molecule has 0 aliphatic heterocycles. The molecule has 18 heavy (non-hydrogen) atoms. The third-order valence-electron chi connectivity index (χ3n) is 2.76. The molecule has 1 unspecified atom stereocenters. The van der Waals surface area contributed by atoms with Gasteiger partial charge in [0, 0.05) is 6.42 Å². The Balaban J connectivity index is 4.58. The van der Waals surface area contributed by atoms with E-state index in [1.807, 2.05) is 20.8 Å². The minimum absolute atomic E-state index is 0.0970. The smallest absolute Gasteiger partial charge is 0.314 e. The number of aliphatic carboxylic acids is 1. The molecular formula is C12H25NO4P+. The maximum Gasteiger partial charge on any atom is 0.314 e. The number of carboxylic acid groups (broad SMARTS) is 1. The number of hydrogen-bond acceptors (Lipinski definition) is 4. The van der Waals surface area contributed by atoms with Crippen molar-refractivity contribution in [2.75, 3.05) is 6.16 Å². The lowest BCUT2D eigenvalue weighted by Gasteiger charge is -2.18. The molecule has 0 heterocycles. The van der Waals surface area contributed by atoms with E-state index in [-0.39, 0.29) is 17.5 Å². The Bertz CT molecular complexity index is 292. The van der Waals surface area contributed by atoms with Gasteiger partial charge in [0.15, 0.2) is 0 Å². The van der Waals surface area contributed by atoms with E-state index in [9.17, 15) is 14.6 Å². The zero-order chi connectivity index (χ0) is 14.3. The van der Waals surface area contributed by atoms with Crippen molar-refractivity contribution < 1.29 is 19.7 Å². The summed E-state index contributed by atoms with van der Waals surface area (Å²) in [6.07, 6.45) is 2.16. The molecule has 0 rings (SSSR count). The van der Waals surface area contributed by atoms with Crippen molar-refractivity contribution >= 4 is 19.1 Å². The fraction of sp³-hybridized carbons (Fsp3) is 0.833. The Morgan fingerprint density at radius 3 is 2.28 bits per heavy atom. The van der Waals surface area contributed by atoms with Crippen LogP contribution < -0.4 is 0 Å². The number of hydrogen-bond donors (Lipinski definition) is 4. The molecule has 0 amide bonds. The molecular weight excluding hydrogens is 253 g/mol.